The third kappa shape index (κ3) is 5.33. The average Bonchev–Trinajstić information content (AvgIpc) is 3.21. The molecular formula is C24H28N4OS. The molecule has 1 saturated heterocycles. The van der Waals surface area contributed by atoms with Gasteiger partial charge in [-0.05, 0) is 25.5 Å². The molecule has 1 fully saturated rings. The maximum absolute atomic E-state index is 12.5. The molecule has 30 heavy (non-hydrogen) atoms. The van der Waals surface area contributed by atoms with Crippen LogP contribution in [0.2, 0.25) is 0 Å². The second-order valence-corrected chi connectivity index (χ2v) is 8.79. The van der Waals surface area contributed by atoms with Crippen LogP contribution in [0.3, 0.4) is 0 Å². The molecule has 0 spiro atoms. The molecule has 0 atom stereocenters. The summed E-state index contributed by atoms with van der Waals surface area (Å²) in [4.78, 5) is 21.9. The Morgan fingerprint density at radius 1 is 1.03 bits per heavy atom. The number of piperazine rings is 1. The molecule has 0 bridgehead atoms. The normalized spacial score (nSPS) is 15.3. The Bertz CT molecular complexity index is 993. The van der Waals surface area contributed by atoms with Crippen LogP contribution in [0.1, 0.15) is 16.8 Å². The number of carbonyl (C=O) groups excluding carboxylic acids is 1. The van der Waals surface area contributed by atoms with E-state index in [4.69, 9.17) is 4.98 Å². The summed E-state index contributed by atoms with van der Waals surface area (Å²) in [6.45, 7) is 9.10. The number of rotatable bonds is 6. The number of carbonyl (C=O) groups is 1. The molecule has 3 aromatic rings. The molecule has 5 nitrogen and oxygen atoms in total. The van der Waals surface area contributed by atoms with Crippen LogP contribution < -0.4 is 5.32 Å². The van der Waals surface area contributed by atoms with E-state index in [9.17, 15) is 4.79 Å². The maximum atomic E-state index is 12.5. The monoisotopic (exact) mass is 420 g/mol. The minimum Gasteiger partial charge on any atom is -0.325 e. The smallest absolute Gasteiger partial charge is 0.238 e. The van der Waals surface area contributed by atoms with E-state index in [2.05, 4.69) is 45.6 Å². The van der Waals surface area contributed by atoms with Gasteiger partial charge in [0.25, 0.3) is 0 Å². The van der Waals surface area contributed by atoms with Crippen molar-refractivity contribution in [1.82, 2.24) is 14.8 Å². The van der Waals surface area contributed by atoms with Crippen LogP contribution in [0.4, 0.5) is 5.69 Å². The Morgan fingerprint density at radius 2 is 1.77 bits per heavy atom. The largest absolute Gasteiger partial charge is 0.325 e. The first-order valence-electron chi connectivity index (χ1n) is 10.4. The number of aromatic nitrogens is 1. The lowest BCUT2D eigenvalue weighted by Crippen LogP contribution is -2.48. The van der Waals surface area contributed by atoms with Crippen molar-refractivity contribution in [3.05, 3.63) is 70.7 Å². The number of aryl methyl sites for hydroxylation is 2. The van der Waals surface area contributed by atoms with E-state index in [1.165, 1.54) is 11.1 Å². The van der Waals surface area contributed by atoms with Crippen LogP contribution in [0.25, 0.3) is 10.6 Å². The van der Waals surface area contributed by atoms with Crippen LogP contribution in [0.15, 0.2) is 53.9 Å². The molecule has 0 aliphatic carbocycles. The summed E-state index contributed by atoms with van der Waals surface area (Å²) in [6, 6.07) is 16.4. The molecule has 156 valence electrons. The minimum absolute atomic E-state index is 0.0578. The highest BCUT2D eigenvalue weighted by molar-refractivity contribution is 7.13. The van der Waals surface area contributed by atoms with Crippen molar-refractivity contribution in [2.45, 2.75) is 20.4 Å². The van der Waals surface area contributed by atoms with Crippen LogP contribution in [-0.2, 0) is 11.3 Å². The Kier molecular flexibility index (Phi) is 6.57. The lowest BCUT2D eigenvalue weighted by molar-refractivity contribution is -0.117. The fraction of sp³-hybridized carbons (Fsp3) is 0.333. The fourth-order valence-corrected chi connectivity index (χ4v) is 4.59. The predicted molar refractivity (Wildman–Crippen MR) is 124 cm³/mol. The Hall–Kier alpha value is -2.54. The highest BCUT2D eigenvalue weighted by Gasteiger charge is 2.20. The van der Waals surface area contributed by atoms with Gasteiger partial charge in [-0.3, -0.25) is 14.6 Å². The van der Waals surface area contributed by atoms with Crippen molar-refractivity contribution in [2.75, 3.05) is 38.0 Å². The molecule has 2 heterocycles. The molecule has 1 amide bonds. The van der Waals surface area contributed by atoms with Gasteiger partial charge < -0.3 is 5.32 Å². The molecule has 1 N–H and O–H groups in total. The summed E-state index contributed by atoms with van der Waals surface area (Å²) in [5, 5.41) is 6.29. The number of hydrogen-bond acceptors (Lipinski definition) is 5. The van der Waals surface area contributed by atoms with Gasteiger partial charge in [-0.25, -0.2) is 4.98 Å². The summed E-state index contributed by atoms with van der Waals surface area (Å²) >= 11 is 1.70. The summed E-state index contributed by atoms with van der Waals surface area (Å²) < 4.78 is 0. The molecule has 4 rings (SSSR count). The summed E-state index contributed by atoms with van der Waals surface area (Å²) in [5.41, 5.74) is 5.51. The van der Waals surface area contributed by atoms with E-state index in [0.717, 1.165) is 54.7 Å². The number of thiazole rings is 1. The first-order chi connectivity index (χ1) is 14.6. The fourth-order valence-electron chi connectivity index (χ4n) is 3.77. The minimum atomic E-state index is 0.0578. The highest BCUT2D eigenvalue weighted by Crippen LogP contribution is 2.24. The molecule has 1 aromatic heterocycles. The quantitative estimate of drug-likeness (QED) is 0.650. The summed E-state index contributed by atoms with van der Waals surface area (Å²) in [7, 11) is 0. The van der Waals surface area contributed by atoms with Crippen molar-refractivity contribution in [3.8, 4) is 10.6 Å². The Balaban J connectivity index is 1.24. The number of amides is 1. The first-order valence-corrected chi connectivity index (χ1v) is 11.3. The van der Waals surface area contributed by atoms with Crippen molar-refractivity contribution in [2.24, 2.45) is 0 Å². The van der Waals surface area contributed by atoms with Gasteiger partial charge in [-0.1, -0.05) is 48.0 Å². The van der Waals surface area contributed by atoms with Crippen molar-refractivity contribution >= 4 is 22.9 Å². The van der Waals surface area contributed by atoms with Crippen molar-refractivity contribution < 1.29 is 4.79 Å². The van der Waals surface area contributed by atoms with Crippen molar-refractivity contribution in [3.63, 3.8) is 0 Å². The lowest BCUT2D eigenvalue weighted by atomic mass is 10.1. The molecule has 0 radical (unpaired) electrons. The van der Waals surface area contributed by atoms with Gasteiger partial charge in [0.2, 0.25) is 5.91 Å². The van der Waals surface area contributed by atoms with E-state index >= 15 is 0 Å². The number of anilines is 1. The van der Waals surface area contributed by atoms with E-state index in [0.29, 0.717) is 6.54 Å². The molecule has 6 heteroatoms. The molecule has 2 aromatic carbocycles. The second-order valence-electron chi connectivity index (χ2n) is 7.93. The second kappa shape index (κ2) is 9.51. The highest BCUT2D eigenvalue weighted by atomic mass is 32.1. The number of benzene rings is 2. The lowest BCUT2D eigenvalue weighted by Gasteiger charge is -2.33. The molecule has 0 unspecified atom stereocenters. The SMILES string of the molecule is Cc1ccc(NC(=O)CN2CCN(Cc3csc(-c4ccccc4)n3)CC2)c(C)c1. The molecule has 1 aliphatic rings. The molecule has 1 aliphatic heterocycles. The first kappa shape index (κ1) is 20.7. The van der Waals surface area contributed by atoms with Crippen LogP contribution >= 0.6 is 11.3 Å². The third-order valence-corrected chi connectivity index (χ3v) is 6.39. The standard InChI is InChI=1S/C24H28N4OS/c1-18-8-9-22(19(2)14-18)26-23(29)16-28-12-10-27(11-13-28)15-21-17-30-24(25-21)20-6-4-3-5-7-20/h3-9,14,17H,10-13,15-16H2,1-2H3,(H,26,29). The molecular weight excluding hydrogens is 392 g/mol. The van der Waals surface area contributed by atoms with Crippen LogP contribution in [-0.4, -0.2) is 53.4 Å². The zero-order valence-electron chi connectivity index (χ0n) is 17.6. The molecule has 0 saturated carbocycles. The van der Waals surface area contributed by atoms with Gasteiger partial charge in [0.05, 0.1) is 12.2 Å². The van der Waals surface area contributed by atoms with Crippen LogP contribution in [0, 0.1) is 13.8 Å². The van der Waals surface area contributed by atoms with E-state index < -0.39 is 0 Å². The van der Waals surface area contributed by atoms with Crippen LogP contribution in [0.5, 0.6) is 0 Å². The number of hydrogen-bond donors (Lipinski definition) is 1. The van der Waals surface area contributed by atoms with E-state index in [1.54, 1.807) is 11.3 Å². The zero-order chi connectivity index (χ0) is 20.9. The number of nitrogens with one attached hydrogen (secondary N) is 1. The van der Waals surface area contributed by atoms with Gasteiger partial charge in [0, 0.05) is 49.4 Å². The van der Waals surface area contributed by atoms with E-state index in [-0.39, 0.29) is 5.91 Å². The summed E-state index contributed by atoms with van der Waals surface area (Å²) in [6.07, 6.45) is 0. The zero-order valence-corrected chi connectivity index (χ0v) is 18.4. The van der Waals surface area contributed by atoms with Gasteiger partial charge in [-0.15, -0.1) is 11.3 Å². The summed E-state index contributed by atoms with van der Waals surface area (Å²) in [5.74, 6) is 0.0578. The topological polar surface area (TPSA) is 48.5 Å². The average molecular weight is 421 g/mol. The van der Waals surface area contributed by atoms with Gasteiger partial charge in [-0.2, -0.15) is 0 Å². The van der Waals surface area contributed by atoms with Crippen molar-refractivity contribution in [1.29, 1.82) is 0 Å². The van der Waals surface area contributed by atoms with Gasteiger partial charge >= 0.3 is 0 Å². The third-order valence-electron chi connectivity index (χ3n) is 5.45. The predicted octanol–water partition coefficient (Wildman–Crippen LogP) is 4.18. The number of nitrogens with zero attached hydrogens (tertiary/aromatic N) is 3. The van der Waals surface area contributed by atoms with Gasteiger partial charge in [0.15, 0.2) is 0 Å². The Labute approximate surface area is 182 Å². The van der Waals surface area contributed by atoms with Gasteiger partial charge in [0.1, 0.15) is 5.01 Å². The maximum Gasteiger partial charge on any atom is 0.238 e. The Morgan fingerprint density at radius 3 is 2.50 bits per heavy atom. The van der Waals surface area contributed by atoms with E-state index in [1.807, 2.05) is 37.3 Å².